The van der Waals surface area contributed by atoms with E-state index in [2.05, 4.69) is 10.5 Å². The Bertz CT molecular complexity index is 827. The van der Waals surface area contributed by atoms with Crippen LogP contribution in [0, 0.1) is 5.92 Å². The highest BCUT2D eigenvalue weighted by Crippen LogP contribution is 2.31. The van der Waals surface area contributed by atoms with Gasteiger partial charge in [-0.2, -0.15) is 5.10 Å². The van der Waals surface area contributed by atoms with E-state index in [1.54, 1.807) is 0 Å². The summed E-state index contributed by atoms with van der Waals surface area (Å²) in [4.78, 5) is 24.8. The van der Waals surface area contributed by atoms with Crippen molar-refractivity contribution in [3.05, 3.63) is 47.5 Å². The zero-order valence-corrected chi connectivity index (χ0v) is 12.8. The van der Waals surface area contributed by atoms with Gasteiger partial charge in [-0.3, -0.25) is 9.59 Å². The first-order valence-corrected chi connectivity index (χ1v) is 8.20. The lowest BCUT2D eigenvalue weighted by Gasteiger charge is -2.19. The smallest absolute Gasteiger partial charge is 0.243 e. The lowest BCUT2D eigenvalue weighted by atomic mass is 9.89. The molecule has 4 heteroatoms. The number of nitrogens with zero attached hydrogens (tertiary/aromatic N) is 1. The topological polar surface area (TPSA) is 58.5 Å². The van der Waals surface area contributed by atoms with Crippen LogP contribution in [-0.4, -0.2) is 17.4 Å². The first-order valence-electron chi connectivity index (χ1n) is 8.20. The maximum atomic E-state index is 12.6. The summed E-state index contributed by atoms with van der Waals surface area (Å²) in [6.07, 6.45) is 5.23. The van der Waals surface area contributed by atoms with Crippen LogP contribution >= 0.6 is 0 Å². The molecule has 1 amide bonds. The highest BCUT2D eigenvalue weighted by atomic mass is 16.2. The van der Waals surface area contributed by atoms with Crippen LogP contribution in [0.4, 0.5) is 0 Å². The van der Waals surface area contributed by atoms with Crippen molar-refractivity contribution in [1.82, 2.24) is 5.43 Å². The number of nitrogens with one attached hydrogen (secondary N) is 1. The average Bonchev–Trinajstić information content (AvgIpc) is 2.88. The number of hydrogen-bond donors (Lipinski definition) is 1. The summed E-state index contributed by atoms with van der Waals surface area (Å²) in [7, 11) is 0. The second-order valence-electron chi connectivity index (χ2n) is 6.31. The van der Waals surface area contributed by atoms with Crippen molar-refractivity contribution >= 4 is 28.2 Å². The van der Waals surface area contributed by atoms with E-state index in [1.807, 2.05) is 36.4 Å². The maximum Gasteiger partial charge on any atom is 0.243 e. The first-order chi connectivity index (χ1) is 11.3. The number of amides is 1. The first kappa shape index (κ1) is 14.1. The minimum absolute atomic E-state index is 0.0303. The number of carbonyl (C=O) groups is 2. The summed E-state index contributed by atoms with van der Waals surface area (Å²) in [5, 5.41) is 6.15. The van der Waals surface area contributed by atoms with Crippen molar-refractivity contribution < 1.29 is 9.59 Å². The molecule has 4 nitrogen and oxygen atoms in total. The average molecular weight is 306 g/mol. The van der Waals surface area contributed by atoms with Crippen molar-refractivity contribution in [1.29, 1.82) is 0 Å². The predicted molar refractivity (Wildman–Crippen MR) is 89.5 cm³/mol. The van der Waals surface area contributed by atoms with Gasteiger partial charge in [0.2, 0.25) is 11.7 Å². The fourth-order valence-electron chi connectivity index (χ4n) is 3.66. The highest BCUT2D eigenvalue weighted by molar-refractivity contribution is 6.59. The van der Waals surface area contributed by atoms with Crippen molar-refractivity contribution in [2.24, 2.45) is 11.0 Å². The van der Waals surface area contributed by atoms with Gasteiger partial charge in [0, 0.05) is 22.4 Å². The van der Waals surface area contributed by atoms with Crippen LogP contribution in [-0.2, 0) is 4.79 Å². The van der Waals surface area contributed by atoms with Gasteiger partial charge in [0.05, 0.1) is 0 Å². The Hall–Kier alpha value is -2.49. The summed E-state index contributed by atoms with van der Waals surface area (Å²) in [6, 6.07) is 11.5. The molecule has 1 saturated carbocycles. The summed E-state index contributed by atoms with van der Waals surface area (Å²) in [5.74, 6) is -0.142. The Morgan fingerprint density at radius 3 is 2.43 bits per heavy atom. The molecule has 0 saturated heterocycles. The van der Waals surface area contributed by atoms with Gasteiger partial charge < -0.3 is 0 Å². The molecule has 0 unspecified atom stereocenters. The molecule has 1 fully saturated rings. The van der Waals surface area contributed by atoms with Gasteiger partial charge in [-0.25, -0.2) is 5.43 Å². The van der Waals surface area contributed by atoms with E-state index >= 15 is 0 Å². The van der Waals surface area contributed by atoms with Crippen LogP contribution in [0.2, 0.25) is 0 Å². The number of carbonyl (C=O) groups excluding carboxylic acids is 2. The molecule has 2 aliphatic carbocycles. The molecule has 2 aromatic rings. The third-order valence-electron chi connectivity index (χ3n) is 4.87. The fraction of sp³-hybridized carbons (Fsp3) is 0.316. The van der Waals surface area contributed by atoms with E-state index in [1.165, 1.54) is 6.42 Å². The van der Waals surface area contributed by atoms with E-state index in [9.17, 15) is 9.59 Å². The number of benzene rings is 2. The quantitative estimate of drug-likeness (QED) is 0.864. The Labute approximate surface area is 134 Å². The van der Waals surface area contributed by atoms with Gasteiger partial charge in [0.25, 0.3) is 0 Å². The molecule has 2 aliphatic rings. The Balaban J connectivity index is 1.64. The highest BCUT2D eigenvalue weighted by Gasteiger charge is 2.29. The number of hydrazone groups is 1. The van der Waals surface area contributed by atoms with Gasteiger partial charge in [-0.1, -0.05) is 55.7 Å². The van der Waals surface area contributed by atoms with Crippen LogP contribution < -0.4 is 5.43 Å². The molecule has 0 radical (unpaired) electrons. The van der Waals surface area contributed by atoms with Crippen molar-refractivity contribution in [3.63, 3.8) is 0 Å². The van der Waals surface area contributed by atoms with Crippen LogP contribution in [0.15, 0.2) is 41.5 Å². The predicted octanol–water partition coefficient (Wildman–Crippen LogP) is 3.44. The monoisotopic (exact) mass is 306 g/mol. The molecule has 0 aromatic heterocycles. The molecule has 0 atom stereocenters. The molecule has 23 heavy (non-hydrogen) atoms. The Morgan fingerprint density at radius 2 is 1.70 bits per heavy atom. The minimum Gasteiger partial charge on any atom is -0.287 e. The standard InChI is InChI=1S/C19H18N2O2/c22-18-15-11-5-9-12-8-4-10-14(16(12)15)17(18)20-21-19(23)13-6-2-1-3-7-13/h4-5,8-11,13H,1-3,6-7H2,(H,21,23)/b20-17-. The SMILES string of the molecule is O=C1/C(=N\NC(=O)C2CCCCC2)c2cccc3cccc1c23. The van der Waals surface area contributed by atoms with E-state index in [4.69, 9.17) is 0 Å². The maximum absolute atomic E-state index is 12.6. The zero-order valence-electron chi connectivity index (χ0n) is 12.8. The molecule has 4 rings (SSSR count). The van der Waals surface area contributed by atoms with E-state index < -0.39 is 0 Å². The number of ketones is 1. The van der Waals surface area contributed by atoms with Crippen LogP contribution in [0.5, 0.6) is 0 Å². The van der Waals surface area contributed by atoms with Gasteiger partial charge in [-0.05, 0) is 18.2 Å². The Morgan fingerprint density at radius 1 is 1.00 bits per heavy atom. The van der Waals surface area contributed by atoms with Crippen molar-refractivity contribution in [3.8, 4) is 0 Å². The second-order valence-corrected chi connectivity index (χ2v) is 6.31. The molecule has 0 aliphatic heterocycles. The summed E-state index contributed by atoms with van der Waals surface area (Å²) in [6.45, 7) is 0. The molecule has 2 aromatic carbocycles. The molecule has 0 bridgehead atoms. The number of hydrogen-bond acceptors (Lipinski definition) is 3. The fourth-order valence-corrected chi connectivity index (χ4v) is 3.66. The lowest BCUT2D eigenvalue weighted by Crippen LogP contribution is -2.30. The normalized spacial score (nSPS) is 19.5. The van der Waals surface area contributed by atoms with Crippen LogP contribution in [0.3, 0.4) is 0 Å². The third kappa shape index (κ3) is 2.34. The molecular weight excluding hydrogens is 288 g/mol. The summed E-state index contributed by atoms with van der Waals surface area (Å²) < 4.78 is 0. The molecule has 0 heterocycles. The third-order valence-corrected chi connectivity index (χ3v) is 4.87. The Kier molecular flexibility index (Phi) is 3.45. The van der Waals surface area contributed by atoms with E-state index in [-0.39, 0.29) is 17.6 Å². The largest absolute Gasteiger partial charge is 0.287 e. The number of rotatable bonds is 2. The molecular formula is C19H18N2O2. The van der Waals surface area contributed by atoms with Crippen LogP contribution in [0.1, 0.15) is 48.0 Å². The van der Waals surface area contributed by atoms with Crippen LogP contribution in [0.25, 0.3) is 10.8 Å². The van der Waals surface area contributed by atoms with Gasteiger partial charge in [0.15, 0.2) is 0 Å². The van der Waals surface area contributed by atoms with E-state index in [0.717, 1.165) is 42.0 Å². The summed E-state index contributed by atoms with van der Waals surface area (Å²) >= 11 is 0. The second kappa shape index (κ2) is 5.61. The molecule has 1 N–H and O–H groups in total. The summed E-state index contributed by atoms with van der Waals surface area (Å²) in [5.41, 5.74) is 4.46. The molecule has 0 spiro atoms. The number of Topliss-reactive ketones (excluding diaryl/α,β-unsaturated/α-hetero) is 1. The van der Waals surface area contributed by atoms with Gasteiger partial charge >= 0.3 is 0 Å². The van der Waals surface area contributed by atoms with E-state index in [0.29, 0.717) is 11.3 Å². The molecule has 116 valence electrons. The van der Waals surface area contributed by atoms with Crippen molar-refractivity contribution in [2.75, 3.05) is 0 Å². The lowest BCUT2D eigenvalue weighted by molar-refractivity contribution is -0.125. The van der Waals surface area contributed by atoms with Crippen molar-refractivity contribution in [2.45, 2.75) is 32.1 Å². The van der Waals surface area contributed by atoms with Gasteiger partial charge in [0.1, 0.15) is 5.71 Å². The van der Waals surface area contributed by atoms with Gasteiger partial charge in [-0.15, -0.1) is 0 Å². The zero-order chi connectivity index (χ0) is 15.8. The minimum atomic E-state index is -0.110.